The minimum absolute atomic E-state index is 0.0499. The molecule has 0 saturated heterocycles. The van der Waals surface area contributed by atoms with Crippen molar-refractivity contribution in [3.63, 3.8) is 0 Å². The zero-order valence-corrected chi connectivity index (χ0v) is 24.8. The molecule has 0 heterocycles. The van der Waals surface area contributed by atoms with Crippen molar-refractivity contribution in [2.75, 3.05) is 0 Å². The van der Waals surface area contributed by atoms with E-state index in [9.17, 15) is 0 Å². The number of rotatable bonds is 2. The Morgan fingerprint density at radius 1 is 0.742 bits per heavy atom. The van der Waals surface area contributed by atoms with E-state index >= 15 is 0 Å². The van der Waals surface area contributed by atoms with Crippen LogP contribution in [-0.4, -0.2) is 0 Å². The molecule has 0 bridgehead atoms. The van der Waals surface area contributed by atoms with Gasteiger partial charge in [0.05, 0.1) is 0 Å². The van der Waals surface area contributed by atoms with Crippen LogP contribution in [0.1, 0.15) is 93.8 Å². The van der Waals surface area contributed by atoms with Gasteiger partial charge in [-0.15, -0.1) is 0 Å². The van der Waals surface area contributed by atoms with Crippen molar-refractivity contribution < 1.29 is 19.4 Å². The van der Waals surface area contributed by atoms with E-state index in [0.29, 0.717) is 0 Å². The van der Waals surface area contributed by atoms with Crippen molar-refractivity contribution in [2.24, 2.45) is 5.41 Å². The molecular formula is C28H37Cl2Zr. The predicted molar refractivity (Wildman–Crippen MR) is 136 cm³/mol. The van der Waals surface area contributed by atoms with Gasteiger partial charge in [-0.1, -0.05) is 0 Å². The van der Waals surface area contributed by atoms with Crippen LogP contribution in [0.4, 0.5) is 0 Å². The summed E-state index contributed by atoms with van der Waals surface area (Å²) >= 11 is -2.56. The van der Waals surface area contributed by atoms with Gasteiger partial charge in [0.2, 0.25) is 0 Å². The second kappa shape index (κ2) is 8.45. The number of fused-ring (bicyclic) bond motifs is 1. The van der Waals surface area contributed by atoms with Gasteiger partial charge in [0, 0.05) is 0 Å². The van der Waals surface area contributed by atoms with E-state index in [4.69, 9.17) is 17.0 Å². The summed E-state index contributed by atoms with van der Waals surface area (Å²) in [7, 11) is 13.5. The van der Waals surface area contributed by atoms with Crippen molar-refractivity contribution in [2.45, 2.75) is 83.7 Å². The number of allylic oxidation sites excluding steroid dienone is 1. The Labute approximate surface area is 205 Å². The second-order valence-corrected chi connectivity index (χ2v) is 20.9. The summed E-state index contributed by atoms with van der Waals surface area (Å²) < 4.78 is 0.230. The maximum absolute atomic E-state index is 6.74. The first-order chi connectivity index (χ1) is 14.0. The zero-order chi connectivity index (χ0) is 23.5. The summed E-state index contributed by atoms with van der Waals surface area (Å²) in [5.74, 6) is 0. The standard InChI is InChI=1S/C28H37.2ClH.Zr/c1-18-11-12-19-13-23(28(8,9)10)17-24(19)25(18)20-14-21(26(2,3)4)16-22(15-20)27(5,6)7;;;/h11-17H,1-10H3;2*1H;/q;;;+2/p-2. The molecule has 1 unspecified atom stereocenters. The van der Waals surface area contributed by atoms with Crippen molar-refractivity contribution >= 4 is 23.1 Å². The molecule has 0 fully saturated rings. The van der Waals surface area contributed by atoms with Crippen molar-refractivity contribution in [3.8, 4) is 11.1 Å². The summed E-state index contributed by atoms with van der Waals surface area (Å²) in [6.45, 7) is 22.9. The predicted octanol–water partition coefficient (Wildman–Crippen LogP) is 9.67. The van der Waals surface area contributed by atoms with Gasteiger partial charge in [0.25, 0.3) is 0 Å². The van der Waals surface area contributed by atoms with E-state index < -0.39 is 19.4 Å². The number of hydrogen-bond donors (Lipinski definition) is 0. The SMILES string of the molecule is Cc1ccc2c(c1-c1cc(C(C)(C)C)cc(C(C)(C)C)c1)C=C(C(C)(C)C)[CH]2[Zr]([Cl])[Cl]. The molecule has 1 aliphatic carbocycles. The van der Waals surface area contributed by atoms with Gasteiger partial charge in [-0.25, -0.2) is 0 Å². The molecule has 1 atom stereocenters. The van der Waals surface area contributed by atoms with Gasteiger partial charge in [-0.3, -0.25) is 0 Å². The normalized spacial score (nSPS) is 16.9. The van der Waals surface area contributed by atoms with Crippen molar-refractivity contribution in [1.82, 2.24) is 0 Å². The van der Waals surface area contributed by atoms with E-state index in [2.05, 4.69) is 106 Å². The Balaban J connectivity index is 2.36. The summed E-state index contributed by atoms with van der Waals surface area (Å²) in [5.41, 5.74) is 11.0. The molecule has 3 heteroatoms. The molecule has 0 nitrogen and oxygen atoms in total. The molecular weight excluding hydrogens is 498 g/mol. The Kier molecular flexibility index (Phi) is 6.89. The van der Waals surface area contributed by atoms with Crippen LogP contribution < -0.4 is 0 Å². The van der Waals surface area contributed by atoms with E-state index in [-0.39, 0.29) is 19.9 Å². The van der Waals surface area contributed by atoms with E-state index in [1.54, 1.807) is 0 Å². The van der Waals surface area contributed by atoms with Gasteiger partial charge in [0.15, 0.2) is 0 Å². The molecule has 0 amide bonds. The molecule has 3 rings (SSSR count). The fourth-order valence-corrected chi connectivity index (χ4v) is 10.3. The molecule has 31 heavy (non-hydrogen) atoms. The van der Waals surface area contributed by atoms with Crippen LogP contribution in [0.3, 0.4) is 0 Å². The summed E-state index contributed by atoms with van der Waals surface area (Å²) in [4.78, 5) is 0. The van der Waals surface area contributed by atoms with E-state index in [1.807, 2.05) is 0 Å². The molecule has 0 N–H and O–H groups in total. The van der Waals surface area contributed by atoms with Gasteiger partial charge >= 0.3 is 206 Å². The second-order valence-electron chi connectivity index (χ2n) is 12.1. The fourth-order valence-electron chi connectivity index (χ4n) is 4.46. The average Bonchev–Trinajstić information content (AvgIpc) is 2.99. The third-order valence-electron chi connectivity index (χ3n) is 6.45. The van der Waals surface area contributed by atoms with Crippen LogP contribution in [0, 0.1) is 12.3 Å². The van der Waals surface area contributed by atoms with Crippen LogP contribution >= 0.6 is 17.0 Å². The van der Waals surface area contributed by atoms with Gasteiger partial charge < -0.3 is 0 Å². The Hall–Kier alpha value is -0.357. The maximum atomic E-state index is 6.74. The summed E-state index contributed by atoms with van der Waals surface area (Å²) in [5, 5.41) is 0. The minimum atomic E-state index is -2.56. The molecule has 2 aromatic rings. The fraction of sp³-hybridized carbons (Fsp3) is 0.500. The van der Waals surface area contributed by atoms with Crippen LogP contribution in [-0.2, 0) is 30.2 Å². The molecule has 0 radical (unpaired) electrons. The molecule has 0 saturated carbocycles. The molecule has 167 valence electrons. The van der Waals surface area contributed by atoms with Crippen molar-refractivity contribution in [1.29, 1.82) is 0 Å². The van der Waals surface area contributed by atoms with Gasteiger partial charge in [0.1, 0.15) is 0 Å². The van der Waals surface area contributed by atoms with Crippen molar-refractivity contribution in [3.05, 3.63) is 63.7 Å². The Bertz CT molecular complexity index is 992. The van der Waals surface area contributed by atoms with Gasteiger partial charge in [-0.05, 0) is 0 Å². The van der Waals surface area contributed by atoms with E-state index in [1.165, 1.54) is 44.5 Å². The van der Waals surface area contributed by atoms with Gasteiger partial charge in [-0.2, -0.15) is 0 Å². The molecule has 0 aliphatic heterocycles. The third kappa shape index (κ3) is 5.10. The first-order valence-electron chi connectivity index (χ1n) is 11.2. The average molecular weight is 536 g/mol. The molecule has 2 aromatic carbocycles. The quantitative estimate of drug-likeness (QED) is 0.359. The molecule has 1 aliphatic rings. The first kappa shape index (κ1) is 25.3. The number of hydrogen-bond acceptors (Lipinski definition) is 0. The van der Waals surface area contributed by atoms with Crippen LogP contribution in [0.15, 0.2) is 35.9 Å². The topological polar surface area (TPSA) is 0 Å². The number of aryl methyl sites for hydroxylation is 1. The third-order valence-corrected chi connectivity index (χ3v) is 11.6. The Morgan fingerprint density at radius 2 is 1.26 bits per heavy atom. The number of halogens is 2. The number of benzene rings is 2. The first-order valence-corrected chi connectivity index (χ1v) is 19.0. The van der Waals surface area contributed by atoms with Crippen LogP contribution in [0.25, 0.3) is 17.2 Å². The Morgan fingerprint density at radius 3 is 1.68 bits per heavy atom. The monoisotopic (exact) mass is 533 g/mol. The van der Waals surface area contributed by atoms with E-state index in [0.717, 1.165) is 0 Å². The van der Waals surface area contributed by atoms with Crippen LogP contribution in [0.5, 0.6) is 0 Å². The molecule has 0 aromatic heterocycles. The zero-order valence-electron chi connectivity index (χ0n) is 20.8. The van der Waals surface area contributed by atoms with Crippen LogP contribution in [0.2, 0.25) is 0 Å². The summed E-state index contributed by atoms with van der Waals surface area (Å²) in [6, 6.07) is 11.7. The molecule has 0 spiro atoms. The summed E-state index contributed by atoms with van der Waals surface area (Å²) in [6.07, 6.45) is 2.41.